The van der Waals surface area contributed by atoms with Gasteiger partial charge in [-0.25, -0.2) is 0 Å². The van der Waals surface area contributed by atoms with Crippen LogP contribution in [0.2, 0.25) is 0 Å². The number of amides is 2. The summed E-state index contributed by atoms with van der Waals surface area (Å²) in [7, 11) is 0. The molecule has 6 heteroatoms. The van der Waals surface area contributed by atoms with E-state index in [2.05, 4.69) is 0 Å². The molecule has 2 fully saturated rings. The van der Waals surface area contributed by atoms with Crippen molar-refractivity contribution in [2.45, 2.75) is 46.1 Å². The number of rotatable bonds is 4. The lowest BCUT2D eigenvalue weighted by Crippen LogP contribution is -2.40. The van der Waals surface area contributed by atoms with Crippen molar-refractivity contribution < 1.29 is 19.5 Å². The van der Waals surface area contributed by atoms with E-state index >= 15 is 0 Å². The van der Waals surface area contributed by atoms with E-state index in [0.717, 1.165) is 0 Å². The lowest BCUT2D eigenvalue weighted by atomic mass is 9.84. The molecule has 2 aliphatic heterocycles. The summed E-state index contributed by atoms with van der Waals surface area (Å²) in [5.41, 5.74) is -0.810. The number of likely N-dealkylation sites (tertiary alicyclic amines) is 2. The fourth-order valence-corrected chi connectivity index (χ4v) is 3.33. The van der Waals surface area contributed by atoms with Crippen LogP contribution in [0.15, 0.2) is 0 Å². The first-order valence-electron chi connectivity index (χ1n) is 7.62. The molecule has 0 radical (unpaired) electrons. The minimum absolute atomic E-state index is 0.0162. The normalized spacial score (nSPS) is 29.5. The van der Waals surface area contributed by atoms with Gasteiger partial charge in [0.05, 0.1) is 11.3 Å². The lowest BCUT2D eigenvalue weighted by Gasteiger charge is -2.25. The molecule has 0 aliphatic carbocycles. The fourth-order valence-electron chi connectivity index (χ4n) is 3.33. The maximum atomic E-state index is 12.5. The molecule has 2 saturated heterocycles. The summed E-state index contributed by atoms with van der Waals surface area (Å²) in [6, 6.07) is 0.0997. The van der Waals surface area contributed by atoms with Gasteiger partial charge in [-0.2, -0.15) is 0 Å². The van der Waals surface area contributed by atoms with Gasteiger partial charge in [0.1, 0.15) is 0 Å². The first kappa shape index (κ1) is 15.8. The van der Waals surface area contributed by atoms with Crippen molar-refractivity contribution in [3.63, 3.8) is 0 Å². The van der Waals surface area contributed by atoms with Crippen molar-refractivity contribution in [3.8, 4) is 0 Å². The summed E-state index contributed by atoms with van der Waals surface area (Å²) < 4.78 is 0. The molecule has 2 unspecified atom stereocenters. The van der Waals surface area contributed by atoms with Gasteiger partial charge in [-0.05, 0) is 26.7 Å². The monoisotopic (exact) mass is 296 g/mol. The first-order valence-corrected chi connectivity index (χ1v) is 7.62. The largest absolute Gasteiger partial charge is 0.481 e. The van der Waals surface area contributed by atoms with Crippen LogP contribution in [0.25, 0.3) is 0 Å². The van der Waals surface area contributed by atoms with Crippen LogP contribution in [-0.4, -0.2) is 58.4 Å². The Balaban J connectivity index is 2.03. The van der Waals surface area contributed by atoms with E-state index in [1.54, 1.807) is 9.80 Å². The Kier molecular flexibility index (Phi) is 4.25. The molecule has 2 atom stereocenters. The van der Waals surface area contributed by atoms with Crippen LogP contribution in [0.3, 0.4) is 0 Å². The van der Waals surface area contributed by atoms with Crippen molar-refractivity contribution in [2.75, 3.05) is 19.6 Å². The Labute approximate surface area is 125 Å². The Bertz CT molecular complexity index is 463. The second-order valence-electron chi connectivity index (χ2n) is 6.49. The molecule has 1 N–H and O–H groups in total. The number of carboxylic acid groups (broad SMARTS) is 1. The Morgan fingerprint density at radius 3 is 2.52 bits per heavy atom. The van der Waals surface area contributed by atoms with Crippen molar-refractivity contribution in [1.82, 2.24) is 9.80 Å². The van der Waals surface area contributed by atoms with E-state index in [4.69, 9.17) is 0 Å². The van der Waals surface area contributed by atoms with E-state index in [1.165, 1.54) is 0 Å². The van der Waals surface area contributed by atoms with E-state index in [9.17, 15) is 19.5 Å². The van der Waals surface area contributed by atoms with E-state index in [1.807, 2.05) is 20.8 Å². The molecule has 0 bridgehead atoms. The Hall–Kier alpha value is -1.59. The second-order valence-corrected chi connectivity index (χ2v) is 6.49. The molecular formula is C15H24N2O4. The highest BCUT2D eigenvalue weighted by molar-refractivity contribution is 5.90. The van der Waals surface area contributed by atoms with E-state index in [0.29, 0.717) is 25.9 Å². The summed E-state index contributed by atoms with van der Waals surface area (Å²) in [6.07, 6.45) is 1.27. The number of hydrogen-bond acceptors (Lipinski definition) is 3. The summed E-state index contributed by atoms with van der Waals surface area (Å²) in [4.78, 5) is 39.2. The third kappa shape index (κ3) is 2.76. The molecule has 0 spiro atoms. The molecule has 0 aromatic heterocycles. The highest BCUT2D eigenvalue weighted by atomic mass is 16.4. The Morgan fingerprint density at radius 2 is 2.10 bits per heavy atom. The standard InChI is InChI=1S/C15H24N2O4/c1-4-15(14(20)21)5-6-16(9-15)13(19)11-7-12(18)17(8-11)10(2)3/h10-11H,4-9H2,1-3H3,(H,20,21). The van der Waals surface area contributed by atoms with Crippen LogP contribution in [0, 0.1) is 11.3 Å². The molecule has 6 nitrogen and oxygen atoms in total. The number of aliphatic carboxylic acids is 1. The lowest BCUT2D eigenvalue weighted by molar-refractivity contribution is -0.149. The SMILES string of the molecule is CCC1(C(=O)O)CCN(C(=O)C2CC(=O)N(C(C)C)C2)C1. The summed E-state index contributed by atoms with van der Waals surface area (Å²) in [6.45, 7) is 6.93. The summed E-state index contributed by atoms with van der Waals surface area (Å²) >= 11 is 0. The molecule has 0 aromatic rings. The molecule has 118 valence electrons. The van der Waals surface area contributed by atoms with Crippen LogP contribution in [-0.2, 0) is 14.4 Å². The van der Waals surface area contributed by atoms with Crippen molar-refractivity contribution in [3.05, 3.63) is 0 Å². The van der Waals surface area contributed by atoms with Crippen molar-refractivity contribution in [2.24, 2.45) is 11.3 Å². The van der Waals surface area contributed by atoms with Crippen molar-refractivity contribution in [1.29, 1.82) is 0 Å². The summed E-state index contributed by atoms with van der Waals surface area (Å²) in [5, 5.41) is 9.39. The van der Waals surface area contributed by atoms with Gasteiger partial charge in [0, 0.05) is 32.1 Å². The zero-order valence-electron chi connectivity index (χ0n) is 13.0. The third-order valence-electron chi connectivity index (χ3n) is 4.93. The molecule has 0 saturated carbocycles. The highest BCUT2D eigenvalue weighted by Gasteiger charge is 2.47. The predicted octanol–water partition coefficient (Wildman–Crippen LogP) is 0.957. The van der Waals surface area contributed by atoms with Crippen LogP contribution in [0.4, 0.5) is 0 Å². The van der Waals surface area contributed by atoms with Crippen LogP contribution in [0.5, 0.6) is 0 Å². The average molecular weight is 296 g/mol. The van der Waals surface area contributed by atoms with Crippen LogP contribution >= 0.6 is 0 Å². The number of hydrogen-bond donors (Lipinski definition) is 1. The van der Waals surface area contributed by atoms with Gasteiger partial charge >= 0.3 is 5.97 Å². The molecule has 21 heavy (non-hydrogen) atoms. The van der Waals surface area contributed by atoms with Gasteiger partial charge in [0.25, 0.3) is 0 Å². The smallest absolute Gasteiger partial charge is 0.311 e. The van der Waals surface area contributed by atoms with Crippen LogP contribution < -0.4 is 0 Å². The number of carbonyl (C=O) groups excluding carboxylic acids is 2. The van der Waals surface area contributed by atoms with E-state index in [-0.39, 0.29) is 36.7 Å². The average Bonchev–Trinajstić information content (AvgIpc) is 3.02. The maximum Gasteiger partial charge on any atom is 0.311 e. The zero-order chi connectivity index (χ0) is 15.8. The maximum absolute atomic E-state index is 12.5. The van der Waals surface area contributed by atoms with Crippen molar-refractivity contribution >= 4 is 17.8 Å². The molecular weight excluding hydrogens is 272 g/mol. The number of carboxylic acids is 1. The van der Waals surface area contributed by atoms with Gasteiger partial charge in [-0.3, -0.25) is 14.4 Å². The highest BCUT2D eigenvalue weighted by Crippen LogP contribution is 2.35. The quantitative estimate of drug-likeness (QED) is 0.838. The molecule has 2 rings (SSSR count). The third-order valence-corrected chi connectivity index (χ3v) is 4.93. The zero-order valence-corrected chi connectivity index (χ0v) is 13.0. The van der Waals surface area contributed by atoms with Gasteiger partial charge in [0.2, 0.25) is 11.8 Å². The minimum Gasteiger partial charge on any atom is -0.481 e. The molecule has 2 heterocycles. The van der Waals surface area contributed by atoms with Gasteiger partial charge in [0.15, 0.2) is 0 Å². The number of carbonyl (C=O) groups is 3. The topological polar surface area (TPSA) is 77.9 Å². The Morgan fingerprint density at radius 1 is 1.43 bits per heavy atom. The van der Waals surface area contributed by atoms with Gasteiger partial charge < -0.3 is 14.9 Å². The minimum atomic E-state index is -0.827. The molecule has 2 amide bonds. The van der Waals surface area contributed by atoms with Crippen LogP contribution in [0.1, 0.15) is 40.0 Å². The van der Waals surface area contributed by atoms with Gasteiger partial charge in [-0.15, -0.1) is 0 Å². The summed E-state index contributed by atoms with van der Waals surface area (Å²) in [5.74, 6) is -1.20. The molecule has 2 aliphatic rings. The predicted molar refractivity (Wildman–Crippen MR) is 76.5 cm³/mol. The van der Waals surface area contributed by atoms with E-state index < -0.39 is 11.4 Å². The number of nitrogens with zero attached hydrogens (tertiary/aromatic N) is 2. The first-order chi connectivity index (χ1) is 9.80. The van der Waals surface area contributed by atoms with Gasteiger partial charge in [-0.1, -0.05) is 6.92 Å². The molecule has 0 aromatic carbocycles. The second kappa shape index (κ2) is 5.66. The fraction of sp³-hybridized carbons (Fsp3) is 0.800.